The van der Waals surface area contributed by atoms with E-state index in [-0.39, 0.29) is 5.56 Å². The molecule has 0 bridgehead atoms. The standard InChI is InChI=1S/C13H8ClFN6S/c1-20-10(4-5-16-20)12-19-21-11(17-18-13(21)22-12)8-6-7(14)2-3-9(8)15/h2-6H,1H3. The second-order valence-corrected chi connectivity index (χ2v) is 5.98. The normalized spacial score (nSPS) is 11.4. The maximum Gasteiger partial charge on any atom is 0.235 e. The maximum atomic E-state index is 14.0. The van der Waals surface area contributed by atoms with E-state index in [1.54, 1.807) is 10.9 Å². The molecule has 22 heavy (non-hydrogen) atoms. The molecule has 3 aromatic heterocycles. The van der Waals surface area contributed by atoms with E-state index < -0.39 is 5.82 Å². The minimum Gasteiger partial charge on any atom is -0.265 e. The van der Waals surface area contributed by atoms with Crippen LogP contribution in [0.3, 0.4) is 0 Å². The fourth-order valence-corrected chi connectivity index (χ4v) is 3.21. The molecule has 1 aromatic carbocycles. The molecule has 3 heterocycles. The highest BCUT2D eigenvalue weighted by molar-refractivity contribution is 7.19. The molecule has 0 amide bonds. The Morgan fingerprint density at radius 3 is 2.86 bits per heavy atom. The first-order valence-corrected chi connectivity index (χ1v) is 7.49. The lowest BCUT2D eigenvalue weighted by atomic mass is 10.2. The van der Waals surface area contributed by atoms with E-state index in [4.69, 9.17) is 11.6 Å². The first-order chi connectivity index (χ1) is 10.6. The van der Waals surface area contributed by atoms with Gasteiger partial charge in [0.15, 0.2) is 10.8 Å². The third kappa shape index (κ3) is 1.99. The van der Waals surface area contributed by atoms with Crippen LogP contribution in [0.15, 0.2) is 30.5 Å². The van der Waals surface area contributed by atoms with Gasteiger partial charge >= 0.3 is 0 Å². The summed E-state index contributed by atoms with van der Waals surface area (Å²) in [6.07, 6.45) is 1.69. The minimum atomic E-state index is -0.422. The summed E-state index contributed by atoms with van der Waals surface area (Å²) >= 11 is 7.30. The largest absolute Gasteiger partial charge is 0.265 e. The van der Waals surface area contributed by atoms with Gasteiger partial charge in [0.2, 0.25) is 4.96 Å². The van der Waals surface area contributed by atoms with Gasteiger partial charge in [0.25, 0.3) is 0 Å². The van der Waals surface area contributed by atoms with Crippen molar-refractivity contribution in [2.45, 2.75) is 0 Å². The number of hydrogen-bond donors (Lipinski definition) is 0. The van der Waals surface area contributed by atoms with Crippen molar-refractivity contribution in [2.75, 3.05) is 0 Å². The van der Waals surface area contributed by atoms with Crippen molar-refractivity contribution >= 4 is 27.9 Å². The van der Waals surface area contributed by atoms with E-state index in [9.17, 15) is 4.39 Å². The minimum absolute atomic E-state index is 0.266. The van der Waals surface area contributed by atoms with Crippen molar-refractivity contribution in [2.24, 2.45) is 7.05 Å². The van der Waals surface area contributed by atoms with Gasteiger partial charge in [0.1, 0.15) is 5.82 Å². The zero-order chi connectivity index (χ0) is 15.3. The molecule has 0 radical (unpaired) electrons. The molecule has 4 aromatic rings. The SMILES string of the molecule is Cn1nccc1-c1nn2c(-c3cc(Cl)ccc3F)nnc2s1. The lowest BCUT2D eigenvalue weighted by molar-refractivity contribution is 0.629. The zero-order valence-electron chi connectivity index (χ0n) is 11.2. The van der Waals surface area contributed by atoms with Gasteiger partial charge in [-0.25, -0.2) is 4.39 Å². The van der Waals surface area contributed by atoms with Crippen LogP contribution in [-0.4, -0.2) is 29.6 Å². The molecule has 9 heteroatoms. The molecule has 0 atom stereocenters. The van der Waals surface area contributed by atoms with E-state index in [0.29, 0.717) is 15.8 Å². The van der Waals surface area contributed by atoms with Crippen LogP contribution in [-0.2, 0) is 7.05 Å². The summed E-state index contributed by atoms with van der Waals surface area (Å²) in [6.45, 7) is 0. The van der Waals surface area contributed by atoms with Crippen LogP contribution in [0.1, 0.15) is 0 Å². The summed E-state index contributed by atoms with van der Waals surface area (Å²) in [7, 11) is 1.83. The number of nitrogens with zero attached hydrogens (tertiary/aromatic N) is 6. The molecule has 4 rings (SSSR count). The maximum absolute atomic E-state index is 14.0. The second-order valence-electron chi connectivity index (χ2n) is 4.59. The Labute approximate surface area is 132 Å². The first kappa shape index (κ1) is 13.4. The zero-order valence-corrected chi connectivity index (χ0v) is 12.8. The third-order valence-corrected chi connectivity index (χ3v) is 4.36. The summed E-state index contributed by atoms with van der Waals surface area (Å²) in [5, 5.41) is 17.8. The number of fused-ring (bicyclic) bond motifs is 1. The quantitative estimate of drug-likeness (QED) is 0.565. The Hall–Kier alpha value is -2.32. The number of aryl methyl sites for hydroxylation is 1. The van der Waals surface area contributed by atoms with Crippen molar-refractivity contribution in [3.05, 3.63) is 41.3 Å². The molecular formula is C13H8ClFN6S. The molecule has 0 aliphatic heterocycles. The number of hydrogen-bond acceptors (Lipinski definition) is 5. The van der Waals surface area contributed by atoms with E-state index in [2.05, 4.69) is 20.4 Å². The summed E-state index contributed by atoms with van der Waals surface area (Å²) in [5.41, 5.74) is 1.12. The molecule has 6 nitrogen and oxygen atoms in total. The van der Waals surface area contributed by atoms with Gasteiger partial charge in [0, 0.05) is 18.3 Å². The Bertz CT molecular complexity index is 988. The van der Waals surface area contributed by atoms with Gasteiger partial charge in [0.05, 0.1) is 11.3 Å². The van der Waals surface area contributed by atoms with Gasteiger partial charge in [-0.05, 0) is 24.3 Å². The monoisotopic (exact) mass is 334 g/mol. The van der Waals surface area contributed by atoms with Crippen LogP contribution >= 0.6 is 22.9 Å². The molecule has 0 N–H and O–H groups in total. The van der Waals surface area contributed by atoms with Gasteiger partial charge in [-0.3, -0.25) is 4.68 Å². The van der Waals surface area contributed by atoms with Crippen LogP contribution in [0, 0.1) is 5.82 Å². The predicted molar refractivity (Wildman–Crippen MR) is 81.3 cm³/mol. The van der Waals surface area contributed by atoms with E-state index in [0.717, 1.165) is 10.7 Å². The highest BCUT2D eigenvalue weighted by Gasteiger charge is 2.18. The van der Waals surface area contributed by atoms with Crippen LogP contribution in [0.2, 0.25) is 5.02 Å². The van der Waals surface area contributed by atoms with Gasteiger partial charge in [-0.15, -0.1) is 10.2 Å². The summed E-state index contributed by atoms with van der Waals surface area (Å²) in [5.74, 6) is -0.103. The third-order valence-electron chi connectivity index (χ3n) is 3.20. The highest BCUT2D eigenvalue weighted by atomic mass is 35.5. The van der Waals surface area contributed by atoms with Crippen molar-refractivity contribution in [3.8, 4) is 22.1 Å². The van der Waals surface area contributed by atoms with Crippen LogP contribution in [0.4, 0.5) is 4.39 Å². The molecule has 0 aliphatic rings. The van der Waals surface area contributed by atoms with Crippen molar-refractivity contribution in [1.82, 2.24) is 29.6 Å². The van der Waals surface area contributed by atoms with Gasteiger partial charge in [-0.1, -0.05) is 22.9 Å². The Balaban J connectivity index is 1.91. The van der Waals surface area contributed by atoms with Crippen molar-refractivity contribution in [1.29, 1.82) is 0 Å². The highest BCUT2D eigenvalue weighted by Crippen LogP contribution is 2.29. The Morgan fingerprint density at radius 2 is 2.09 bits per heavy atom. The molecule has 0 fully saturated rings. The second kappa shape index (κ2) is 4.85. The molecule has 0 saturated carbocycles. The number of aromatic nitrogens is 6. The van der Waals surface area contributed by atoms with Crippen LogP contribution < -0.4 is 0 Å². The van der Waals surface area contributed by atoms with E-state index in [1.165, 1.54) is 34.1 Å². The summed E-state index contributed by atoms with van der Waals surface area (Å²) < 4.78 is 17.3. The smallest absolute Gasteiger partial charge is 0.235 e. The van der Waals surface area contributed by atoms with Crippen molar-refractivity contribution < 1.29 is 4.39 Å². The van der Waals surface area contributed by atoms with E-state index >= 15 is 0 Å². The fraction of sp³-hybridized carbons (Fsp3) is 0.0769. The molecule has 0 unspecified atom stereocenters. The van der Waals surface area contributed by atoms with Crippen LogP contribution in [0.25, 0.3) is 27.1 Å². The summed E-state index contributed by atoms with van der Waals surface area (Å²) in [4.78, 5) is 0.575. The Morgan fingerprint density at radius 1 is 1.23 bits per heavy atom. The summed E-state index contributed by atoms with van der Waals surface area (Å²) in [6, 6.07) is 6.15. The fourth-order valence-electron chi connectivity index (χ4n) is 2.14. The molecule has 110 valence electrons. The number of rotatable bonds is 2. The first-order valence-electron chi connectivity index (χ1n) is 6.29. The van der Waals surface area contributed by atoms with Crippen LogP contribution in [0.5, 0.6) is 0 Å². The predicted octanol–water partition coefficient (Wildman–Crippen LogP) is 3.05. The Kier molecular flexibility index (Phi) is 2.95. The lowest BCUT2D eigenvalue weighted by Gasteiger charge is -2.00. The van der Waals surface area contributed by atoms with Gasteiger partial charge in [-0.2, -0.15) is 14.7 Å². The average molecular weight is 335 g/mol. The molecular weight excluding hydrogens is 327 g/mol. The average Bonchev–Trinajstić information content (AvgIpc) is 3.16. The molecule has 0 spiro atoms. The topological polar surface area (TPSA) is 60.9 Å². The lowest BCUT2D eigenvalue weighted by Crippen LogP contribution is -1.96. The number of benzene rings is 1. The number of halogens is 2. The van der Waals surface area contributed by atoms with E-state index in [1.807, 2.05) is 13.1 Å². The van der Waals surface area contributed by atoms with Gasteiger partial charge < -0.3 is 0 Å². The molecule has 0 aliphatic carbocycles. The molecule has 0 saturated heterocycles. The van der Waals surface area contributed by atoms with Crippen molar-refractivity contribution in [3.63, 3.8) is 0 Å².